The number of allylic oxidation sites excluding steroid dienone is 1. The molecule has 1 atom stereocenters. The number of rotatable bonds is 5. The lowest BCUT2D eigenvalue weighted by molar-refractivity contribution is -0.178. The van der Waals surface area contributed by atoms with Crippen molar-refractivity contribution < 1.29 is 31.5 Å². The quantitative estimate of drug-likeness (QED) is 0.471. The van der Waals surface area contributed by atoms with E-state index < -0.39 is 25.8 Å². The van der Waals surface area contributed by atoms with Crippen molar-refractivity contribution in [1.82, 2.24) is 15.5 Å². The van der Waals surface area contributed by atoms with E-state index in [1.807, 2.05) is 13.8 Å². The van der Waals surface area contributed by atoms with Crippen LogP contribution in [0.3, 0.4) is 0 Å². The van der Waals surface area contributed by atoms with E-state index in [9.17, 15) is 22.6 Å². The van der Waals surface area contributed by atoms with Crippen molar-refractivity contribution in [3.05, 3.63) is 88.9 Å². The Morgan fingerprint density at radius 1 is 1.15 bits per heavy atom. The molecule has 11 heteroatoms. The molecule has 2 heterocycles. The Balaban J connectivity index is 1.77. The average molecular weight is 479 g/mol. The van der Waals surface area contributed by atoms with Crippen molar-refractivity contribution in [2.75, 3.05) is 0 Å². The molecule has 33 heavy (non-hydrogen) atoms. The Kier molecular flexibility index (Phi) is 5.90. The lowest BCUT2D eigenvalue weighted by Crippen LogP contribution is -2.25. The van der Waals surface area contributed by atoms with Gasteiger partial charge < -0.3 is 15.5 Å². The molecule has 2 N–H and O–H groups in total. The van der Waals surface area contributed by atoms with Crippen LogP contribution < -0.4 is 20.1 Å². The molecule has 0 aromatic heterocycles. The van der Waals surface area contributed by atoms with Gasteiger partial charge in [-0.1, -0.05) is 26.0 Å². The first-order chi connectivity index (χ1) is 15.5. The van der Waals surface area contributed by atoms with Gasteiger partial charge in [0.25, 0.3) is 0 Å². The van der Waals surface area contributed by atoms with Gasteiger partial charge in [-0.15, -0.1) is 0 Å². The number of nitrogens with zero attached hydrogens (tertiary/aromatic N) is 1. The zero-order valence-corrected chi connectivity index (χ0v) is 18.3. The van der Waals surface area contributed by atoms with E-state index in [1.165, 1.54) is 18.2 Å². The zero-order valence-electron chi connectivity index (χ0n) is 17.4. The van der Waals surface area contributed by atoms with Gasteiger partial charge >= 0.3 is 14.4 Å². The second-order valence-electron chi connectivity index (χ2n) is 7.66. The molecule has 1 unspecified atom stereocenters. The number of benzene rings is 2. The molecular weight excluding hydrogens is 461 g/mol. The molecule has 6 nitrogen and oxygen atoms in total. The minimum atomic E-state index is -4.49. The van der Waals surface area contributed by atoms with E-state index in [-0.39, 0.29) is 17.2 Å². The maximum atomic E-state index is 15.0. The summed E-state index contributed by atoms with van der Waals surface area (Å²) in [6.07, 6.45) is -1.32. The Morgan fingerprint density at radius 3 is 2.55 bits per heavy atom. The number of nitrogens with one attached hydrogen (secondary N) is 2. The lowest BCUT2D eigenvalue weighted by Gasteiger charge is -2.26. The Hall–Kier alpha value is -3.36. The highest BCUT2D eigenvalue weighted by molar-refractivity contribution is 7.31. The van der Waals surface area contributed by atoms with E-state index in [2.05, 4.69) is 15.2 Å². The second kappa shape index (κ2) is 8.53. The van der Waals surface area contributed by atoms with E-state index in [1.54, 1.807) is 23.4 Å². The fourth-order valence-corrected chi connectivity index (χ4v) is 3.89. The predicted octanol–water partition coefficient (Wildman–Crippen LogP) is 4.87. The van der Waals surface area contributed by atoms with E-state index in [0.717, 1.165) is 18.2 Å². The molecule has 0 fully saturated rings. The third-order valence-corrected chi connectivity index (χ3v) is 5.45. The van der Waals surface area contributed by atoms with Gasteiger partial charge in [-0.05, 0) is 34.7 Å². The monoisotopic (exact) mass is 479 g/mol. The third-order valence-electron chi connectivity index (χ3n) is 5.09. The first-order valence-electron chi connectivity index (χ1n) is 9.83. The molecule has 2 aromatic rings. The summed E-state index contributed by atoms with van der Waals surface area (Å²) in [5, 5.41) is 6.19. The van der Waals surface area contributed by atoms with Crippen molar-refractivity contribution in [2.45, 2.75) is 20.0 Å². The number of hydrogen-bond donors (Lipinski definition) is 2. The molecule has 2 aromatic carbocycles. The van der Waals surface area contributed by atoms with Crippen molar-refractivity contribution in [1.29, 1.82) is 0 Å². The topological polar surface area (TPSA) is 76.7 Å². The van der Waals surface area contributed by atoms with Gasteiger partial charge in [0, 0.05) is 35.3 Å². The van der Waals surface area contributed by atoms with Crippen molar-refractivity contribution >= 4 is 19.6 Å². The zero-order chi connectivity index (χ0) is 23.9. The van der Waals surface area contributed by atoms with Crippen LogP contribution in [0, 0.1) is 11.7 Å². The van der Waals surface area contributed by atoms with Crippen LogP contribution in [0.2, 0.25) is 0 Å². The second-order valence-corrected chi connectivity index (χ2v) is 8.29. The Morgan fingerprint density at radius 2 is 1.91 bits per heavy atom. The highest BCUT2D eigenvalue weighted by atomic mass is 31.1. The molecule has 0 saturated heterocycles. The van der Waals surface area contributed by atoms with Crippen LogP contribution in [0.1, 0.15) is 30.5 Å². The number of hydrogen-bond acceptors (Lipinski definition) is 6. The molecule has 0 amide bonds. The molecule has 2 aliphatic rings. The molecule has 172 valence electrons. The van der Waals surface area contributed by atoms with Gasteiger partial charge in [0.1, 0.15) is 11.6 Å². The van der Waals surface area contributed by atoms with Crippen LogP contribution in [-0.2, 0) is 10.7 Å². The first kappa shape index (κ1) is 22.8. The maximum Gasteiger partial charge on any atom is 0.539 e. The predicted molar refractivity (Wildman–Crippen MR) is 112 cm³/mol. The van der Waals surface area contributed by atoms with E-state index in [4.69, 9.17) is 0 Å². The summed E-state index contributed by atoms with van der Waals surface area (Å²) in [6, 6.07) is 8.57. The number of fused-ring (bicyclic) bond motifs is 1. The molecule has 0 radical (unpaired) electrons. The highest BCUT2D eigenvalue weighted by Gasteiger charge is 2.34. The van der Waals surface area contributed by atoms with Crippen molar-refractivity contribution in [2.24, 2.45) is 5.92 Å². The van der Waals surface area contributed by atoms with Gasteiger partial charge in [0.15, 0.2) is 5.75 Å². The summed E-state index contributed by atoms with van der Waals surface area (Å²) in [4.78, 5) is 12.4. The van der Waals surface area contributed by atoms with Gasteiger partial charge in [-0.3, -0.25) is 9.42 Å². The van der Waals surface area contributed by atoms with Gasteiger partial charge in [0.05, 0.1) is 17.0 Å². The molecule has 2 aliphatic heterocycles. The third kappa shape index (κ3) is 4.58. The fraction of sp³-hybridized carbons (Fsp3) is 0.182. The van der Waals surface area contributed by atoms with Gasteiger partial charge in [-0.2, -0.15) is 13.2 Å². The van der Waals surface area contributed by atoms with Crippen molar-refractivity contribution in [3.63, 3.8) is 0 Å². The largest absolute Gasteiger partial charge is 0.558 e. The van der Waals surface area contributed by atoms with Crippen LogP contribution >= 0.6 is 8.25 Å². The number of alkyl halides is 3. The Labute approximate surface area is 187 Å². The minimum Gasteiger partial charge on any atom is -0.558 e. The minimum absolute atomic E-state index is 0.0524. The summed E-state index contributed by atoms with van der Waals surface area (Å²) in [5.41, 5.74) is 1.22. The van der Waals surface area contributed by atoms with Crippen LogP contribution in [0.25, 0.3) is 11.4 Å². The van der Waals surface area contributed by atoms with E-state index in [0.29, 0.717) is 28.5 Å². The summed E-state index contributed by atoms with van der Waals surface area (Å²) in [7, 11) is -3.19. The summed E-state index contributed by atoms with van der Waals surface area (Å²) < 4.78 is 69.8. The molecule has 0 aliphatic carbocycles. The fourth-order valence-electron chi connectivity index (χ4n) is 3.60. The van der Waals surface area contributed by atoms with Gasteiger partial charge in [0.2, 0.25) is 0 Å². The van der Waals surface area contributed by atoms with Crippen molar-refractivity contribution in [3.8, 4) is 5.75 Å². The van der Waals surface area contributed by atoms with Crippen LogP contribution in [0.15, 0.2) is 66.4 Å². The smallest absolute Gasteiger partial charge is 0.539 e. The standard InChI is InChI=1S/C22H18F4N3O3P/c1-12(2)20-21(16-7-6-15(9-17(16)23)32-33(30)31)29-11-18(27-10-19(29)28-20)13-4-3-5-14(8-13)22(24,25)26/h3-12,27-28H,1-2H3. The lowest BCUT2D eigenvalue weighted by atomic mass is 10.0. The SMILES string of the molecule is CC(C)C1=C(c2ccc(O[P+](=O)[O-])cc2F)N2C=C(c3cccc(C(F)(F)F)c3)NC=C2N1. The maximum absolute atomic E-state index is 15.0. The summed E-state index contributed by atoms with van der Waals surface area (Å²) in [5.74, 6) is -0.371. The molecular formula is C22H18F4N3O3P. The Bertz CT molecular complexity index is 1220. The number of halogens is 4. The van der Waals surface area contributed by atoms with E-state index >= 15 is 4.39 Å². The van der Waals surface area contributed by atoms with Crippen LogP contribution in [-0.4, -0.2) is 4.90 Å². The van der Waals surface area contributed by atoms with Gasteiger partial charge in [-0.25, -0.2) is 4.39 Å². The van der Waals surface area contributed by atoms with Crippen LogP contribution in [0.4, 0.5) is 17.6 Å². The summed E-state index contributed by atoms with van der Waals surface area (Å²) >= 11 is 0. The molecule has 4 rings (SSSR count). The highest BCUT2D eigenvalue weighted by Crippen LogP contribution is 2.39. The molecule has 0 bridgehead atoms. The normalized spacial score (nSPS) is 16.1. The molecule has 0 spiro atoms. The average Bonchev–Trinajstić information content (AvgIpc) is 3.12. The molecule has 0 saturated carbocycles. The summed E-state index contributed by atoms with van der Waals surface area (Å²) in [6.45, 7) is 3.81. The van der Waals surface area contributed by atoms with Crippen LogP contribution in [0.5, 0.6) is 5.75 Å². The first-order valence-corrected chi connectivity index (χ1v) is 10.9.